The maximum Gasteiger partial charge on any atom is 0.362 e. The number of ether oxygens (including phenoxy) is 3. The van der Waals surface area contributed by atoms with E-state index in [4.69, 9.17) is 14.2 Å². The van der Waals surface area contributed by atoms with Crippen LogP contribution in [0.15, 0.2) is 72.9 Å². The van der Waals surface area contributed by atoms with Crippen molar-refractivity contribution in [2.75, 3.05) is 41.0 Å². The van der Waals surface area contributed by atoms with Crippen molar-refractivity contribution in [1.29, 1.82) is 0 Å². The van der Waals surface area contributed by atoms with Gasteiger partial charge in [-0.15, -0.1) is 0 Å². The van der Waals surface area contributed by atoms with Gasteiger partial charge in [0.2, 0.25) is 0 Å². The quantitative estimate of drug-likeness (QED) is 0.0281. The second kappa shape index (κ2) is 49.2. The molecule has 0 aromatic heterocycles. The van der Waals surface area contributed by atoms with E-state index in [-0.39, 0.29) is 42.7 Å². The summed E-state index contributed by atoms with van der Waals surface area (Å²) in [6, 6.07) is -0.626. The van der Waals surface area contributed by atoms with Gasteiger partial charge >= 0.3 is 17.9 Å². The molecule has 8 nitrogen and oxygen atoms in total. The number of carbonyl (C=O) groups is 3. The van der Waals surface area contributed by atoms with Gasteiger partial charge in [-0.1, -0.05) is 222 Å². The van der Waals surface area contributed by atoms with Gasteiger partial charge in [-0.3, -0.25) is 9.59 Å². The highest BCUT2D eigenvalue weighted by molar-refractivity contribution is 5.72. The molecule has 0 rings (SSSR count). The SMILES string of the molecule is CC/C=C/C/C=C/C/C=C/C/C=C/C/C=C/C/C=C/CCCCC(=O)OC(COCCC(C(=O)O)[N+](C)(C)C)COC(=O)CCCCCCCCCCCCCCCCCCCCCCCC. The van der Waals surface area contributed by atoms with E-state index in [1.807, 2.05) is 21.1 Å². The average molecular weight is 939 g/mol. The lowest BCUT2D eigenvalue weighted by atomic mass is 10.0. The largest absolute Gasteiger partial charge is 0.477 e. The Morgan fingerprint density at radius 2 is 0.836 bits per heavy atom. The van der Waals surface area contributed by atoms with E-state index < -0.39 is 18.1 Å². The van der Waals surface area contributed by atoms with E-state index in [9.17, 15) is 19.5 Å². The zero-order chi connectivity index (χ0) is 49.2. The summed E-state index contributed by atoms with van der Waals surface area (Å²) < 4.78 is 17.3. The van der Waals surface area contributed by atoms with Crippen LogP contribution in [0, 0.1) is 0 Å². The summed E-state index contributed by atoms with van der Waals surface area (Å²) in [6.45, 7) is 4.60. The van der Waals surface area contributed by atoms with E-state index in [1.165, 1.54) is 122 Å². The van der Waals surface area contributed by atoms with Gasteiger partial charge in [-0.2, -0.15) is 0 Å². The smallest absolute Gasteiger partial charge is 0.362 e. The molecule has 0 saturated heterocycles. The fraction of sp³-hybridized carbons (Fsp3) is 0.746. The molecule has 1 N–H and O–H groups in total. The van der Waals surface area contributed by atoms with Gasteiger partial charge in [0.15, 0.2) is 12.1 Å². The van der Waals surface area contributed by atoms with Gasteiger partial charge in [-0.25, -0.2) is 4.79 Å². The van der Waals surface area contributed by atoms with Crippen LogP contribution in [-0.4, -0.2) is 80.6 Å². The standard InChI is InChI=1S/C59H103NO7/c1-6-8-10-12-14-16-18-20-22-24-26-28-30-31-33-35-37-39-41-43-45-47-49-57(61)66-54-55(53-65-52-51-56(59(63)64)60(3,4)5)67-58(62)50-48-46-44-42-40-38-36-34-32-29-27-25-23-21-19-17-15-13-11-9-7-2/h9,11,15,17,21,23,27,29,34,36,40,42,55-56H,6-8,10,12-14,16,18-20,22,24-26,28,30-33,35,37-39,41,43-54H2,1-5H3/p+1/b11-9+,17-15+,23-21+,29-27+,36-34+,42-40+. The molecule has 0 aliphatic rings. The van der Waals surface area contributed by atoms with Crippen molar-refractivity contribution in [1.82, 2.24) is 0 Å². The number of nitrogens with zero attached hydrogens (tertiary/aromatic N) is 1. The molecule has 0 aliphatic carbocycles. The molecule has 0 saturated carbocycles. The molecule has 0 amide bonds. The van der Waals surface area contributed by atoms with Crippen molar-refractivity contribution in [3.05, 3.63) is 72.9 Å². The number of allylic oxidation sites excluding steroid dienone is 12. The van der Waals surface area contributed by atoms with Crippen LogP contribution in [-0.2, 0) is 28.6 Å². The van der Waals surface area contributed by atoms with Gasteiger partial charge in [0, 0.05) is 19.3 Å². The Hall–Kier alpha value is -3.23. The molecule has 0 aliphatic heterocycles. The van der Waals surface area contributed by atoms with Gasteiger partial charge in [-0.05, 0) is 64.2 Å². The van der Waals surface area contributed by atoms with E-state index in [0.717, 1.165) is 70.6 Å². The number of hydrogen-bond acceptors (Lipinski definition) is 6. The molecule has 0 aromatic rings. The zero-order valence-electron chi connectivity index (χ0n) is 44.1. The molecular formula is C59H104NO7+. The molecular weight excluding hydrogens is 835 g/mol. The molecule has 2 atom stereocenters. The summed E-state index contributed by atoms with van der Waals surface area (Å²) in [7, 11) is 5.52. The predicted molar refractivity (Wildman–Crippen MR) is 284 cm³/mol. The third kappa shape index (κ3) is 47.6. The Morgan fingerprint density at radius 1 is 0.463 bits per heavy atom. The monoisotopic (exact) mass is 939 g/mol. The number of carboxylic acid groups (broad SMARTS) is 1. The number of esters is 2. The normalized spacial score (nSPS) is 13.4. The summed E-state index contributed by atoms with van der Waals surface area (Å²) in [5.41, 5.74) is 0. The van der Waals surface area contributed by atoms with Crippen LogP contribution in [0.25, 0.3) is 0 Å². The van der Waals surface area contributed by atoms with Crippen molar-refractivity contribution >= 4 is 17.9 Å². The minimum Gasteiger partial charge on any atom is -0.477 e. The number of carbonyl (C=O) groups excluding carboxylic acids is 2. The van der Waals surface area contributed by atoms with Crippen LogP contribution >= 0.6 is 0 Å². The molecule has 0 aromatic carbocycles. The third-order valence-electron chi connectivity index (χ3n) is 12.1. The number of aliphatic carboxylic acids is 1. The Balaban J connectivity index is 4.27. The molecule has 0 bridgehead atoms. The van der Waals surface area contributed by atoms with Gasteiger partial charge < -0.3 is 23.8 Å². The molecule has 0 spiro atoms. The van der Waals surface area contributed by atoms with Crippen LogP contribution in [0.4, 0.5) is 0 Å². The first-order valence-corrected chi connectivity index (χ1v) is 27.5. The minimum absolute atomic E-state index is 0.0421. The Bertz CT molecular complexity index is 1320. The van der Waals surface area contributed by atoms with Crippen molar-refractivity contribution in [2.24, 2.45) is 0 Å². The molecule has 0 fully saturated rings. The van der Waals surface area contributed by atoms with Crippen molar-refractivity contribution in [2.45, 2.75) is 244 Å². The zero-order valence-corrected chi connectivity index (χ0v) is 44.1. The summed E-state index contributed by atoms with van der Waals surface area (Å²) in [4.78, 5) is 37.2. The molecule has 0 heterocycles. The molecule has 0 radical (unpaired) electrons. The number of likely N-dealkylation sites (N-methyl/N-ethyl adjacent to an activating group) is 1. The van der Waals surface area contributed by atoms with E-state index in [2.05, 4.69) is 86.8 Å². The topological polar surface area (TPSA) is 99.1 Å². The summed E-state index contributed by atoms with van der Waals surface area (Å²) in [5.74, 6) is -1.52. The van der Waals surface area contributed by atoms with E-state index in [0.29, 0.717) is 19.3 Å². The fourth-order valence-electron chi connectivity index (χ4n) is 7.92. The lowest BCUT2D eigenvalue weighted by Crippen LogP contribution is -2.50. The lowest BCUT2D eigenvalue weighted by Gasteiger charge is -2.31. The van der Waals surface area contributed by atoms with Crippen molar-refractivity contribution in [3.63, 3.8) is 0 Å². The van der Waals surface area contributed by atoms with E-state index in [1.54, 1.807) is 0 Å². The summed E-state index contributed by atoms with van der Waals surface area (Å²) in [5, 5.41) is 9.67. The first kappa shape index (κ1) is 63.8. The highest BCUT2D eigenvalue weighted by Gasteiger charge is 2.31. The Labute approximate surface area is 412 Å². The summed E-state index contributed by atoms with van der Waals surface area (Å²) in [6.07, 6.45) is 64.0. The first-order valence-electron chi connectivity index (χ1n) is 27.5. The summed E-state index contributed by atoms with van der Waals surface area (Å²) >= 11 is 0. The molecule has 8 heteroatoms. The number of rotatable bonds is 49. The highest BCUT2D eigenvalue weighted by Crippen LogP contribution is 2.16. The maximum atomic E-state index is 12.8. The first-order chi connectivity index (χ1) is 32.6. The van der Waals surface area contributed by atoms with Gasteiger partial charge in [0.05, 0.1) is 34.4 Å². The van der Waals surface area contributed by atoms with Gasteiger partial charge in [0.1, 0.15) is 6.61 Å². The van der Waals surface area contributed by atoms with Crippen molar-refractivity contribution in [3.8, 4) is 0 Å². The highest BCUT2D eigenvalue weighted by atomic mass is 16.6. The van der Waals surface area contributed by atoms with Crippen LogP contribution in [0.2, 0.25) is 0 Å². The van der Waals surface area contributed by atoms with Crippen LogP contribution in [0.5, 0.6) is 0 Å². The number of carboxylic acids is 1. The van der Waals surface area contributed by atoms with Crippen LogP contribution in [0.1, 0.15) is 232 Å². The second-order valence-electron chi connectivity index (χ2n) is 19.5. The molecule has 67 heavy (non-hydrogen) atoms. The predicted octanol–water partition coefficient (Wildman–Crippen LogP) is 16.3. The van der Waals surface area contributed by atoms with Crippen molar-refractivity contribution < 1.29 is 38.2 Å². The minimum atomic E-state index is -0.882. The van der Waals surface area contributed by atoms with Crippen LogP contribution in [0.3, 0.4) is 0 Å². The lowest BCUT2D eigenvalue weighted by molar-refractivity contribution is -0.887. The number of unbranched alkanes of at least 4 members (excludes halogenated alkanes) is 23. The Kier molecular flexibility index (Phi) is 46.8. The Morgan fingerprint density at radius 3 is 1.24 bits per heavy atom. The molecule has 2 unspecified atom stereocenters. The number of quaternary nitrogens is 1. The molecule has 386 valence electrons. The van der Waals surface area contributed by atoms with Crippen LogP contribution < -0.4 is 0 Å². The average Bonchev–Trinajstić information content (AvgIpc) is 3.29. The fourth-order valence-corrected chi connectivity index (χ4v) is 7.92. The maximum absolute atomic E-state index is 12.8. The van der Waals surface area contributed by atoms with E-state index >= 15 is 0 Å². The van der Waals surface area contributed by atoms with Gasteiger partial charge in [0.25, 0.3) is 0 Å². The second-order valence-corrected chi connectivity index (χ2v) is 19.5. The third-order valence-corrected chi connectivity index (χ3v) is 12.1. The number of hydrogen-bond donors (Lipinski definition) is 1.